The van der Waals surface area contributed by atoms with Crippen molar-refractivity contribution in [3.63, 3.8) is 0 Å². The van der Waals surface area contributed by atoms with E-state index in [4.69, 9.17) is 18.9 Å². The lowest BCUT2D eigenvalue weighted by atomic mass is 10.1. The zero-order valence-corrected chi connectivity index (χ0v) is 12.9. The monoisotopic (exact) mass is 320 g/mol. The molecule has 4 rings (SSSR count). The number of piperidine rings is 1. The number of nitrogens with zero attached hydrogens (tertiary/aromatic N) is 1. The van der Waals surface area contributed by atoms with Crippen molar-refractivity contribution in [2.45, 2.75) is 18.6 Å². The number of anilines is 1. The first-order valence-corrected chi connectivity index (χ1v) is 7.98. The zero-order chi connectivity index (χ0) is 15.7. The van der Waals surface area contributed by atoms with Gasteiger partial charge >= 0.3 is 6.03 Å². The molecule has 23 heavy (non-hydrogen) atoms. The van der Waals surface area contributed by atoms with Crippen molar-refractivity contribution in [2.75, 3.05) is 44.8 Å². The van der Waals surface area contributed by atoms with Crippen molar-refractivity contribution in [3.05, 3.63) is 18.2 Å². The Morgan fingerprint density at radius 2 is 1.87 bits per heavy atom. The molecule has 7 nitrogen and oxygen atoms in total. The van der Waals surface area contributed by atoms with E-state index in [1.807, 2.05) is 12.1 Å². The summed E-state index contributed by atoms with van der Waals surface area (Å²) >= 11 is 0. The highest BCUT2D eigenvalue weighted by Crippen LogP contribution is 2.33. The summed E-state index contributed by atoms with van der Waals surface area (Å²) in [6.45, 7) is 3.42. The van der Waals surface area contributed by atoms with Gasteiger partial charge in [-0.3, -0.25) is 0 Å². The summed E-state index contributed by atoms with van der Waals surface area (Å²) in [5.74, 6) is 0.758. The third-order valence-electron chi connectivity index (χ3n) is 4.31. The van der Waals surface area contributed by atoms with Gasteiger partial charge < -0.3 is 29.2 Å². The molecule has 2 amide bonds. The molecule has 0 aliphatic carbocycles. The molecule has 1 spiro atoms. The SMILES string of the molecule is O=C(Nc1ccc2c(c1)OCCO2)N1CCCC2(C1)OCCO2. The Morgan fingerprint density at radius 1 is 1.09 bits per heavy atom. The molecule has 2 saturated heterocycles. The number of hydrogen-bond donors (Lipinski definition) is 1. The number of urea groups is 1. The predicted molar refractivity (Wildman–Crippen MR) is 81.9 cm³/mol. The molecule has 0 saturated carbocycles. The number of nitrogens with one attached hydrogen (secondary N) is 1. The summed E-state index contributed by atoms with van der Waals surface area (Å²) in [6, 6.07) is 5.26. The van der Waals surface area contributed by atoms with Crippen molar-refractivity contribution >= 4 is 11.7 Å². The number of amides is 2. The van der Waals surface area contributed by atoms with E-state index in [0.29, 0.717) is 56.7 Å². The molecule has 3 heterocycles. The Bertz CT molecular complexity index is 600. The smallest absolute Gasteiger partial charge is 0.322 e. The largest absolute Gasteiger partial charge is 0.486 e. The fourth-order valence-electron chi connectivity index (χ4n) is 3.22. The summed E-state index contributed by atoms with van der Waals surface area (Å²) in [5, 5.41) is 2.91. The average molecular weight is 320 g/mol. The van der Waals surface area contributed by atoms with Gasteiger partial charge in [0.15, 0.2) is 17.3 Å². The first-order chi connectivity index (χ1) is 11.2. The minimum Gasteiger partial charge on any atom is -0.486 e. The maximum absolute atomic E-state index is 12.5. The Labute approximate surface area is 134 Å². The first-order valence-electron chi connectivity index (χ1n) is 7.98. The third-order valence-corrected chi connectivity index (χ3v) is 4.31. The van der Waals surface area contributed by atoms with Crippen LogP contribution >= 0.6 is 0 Å². The molecule has 0 bridgehead atoms. The standard InChI is InChI=1S/C16H20N2O5/c19-15(18-5-1-4-16(11-18)22-8-9-23-16)17-12-2-3-13-14(10-12)21-7-6-20-13/h2-3,10H,1,4-9,11H2,(H,17,19). The van der Waals surface area contributed by atoms with Crippen molar-refractivity contribution < 1.29 is 23.7 Å². The maximum Gasteiger partial charge on any atom is 0.322 e. The fraction of sp³-hybridized carbons (Fsp3) is 0.562. The second-order valence-electron chi connectivity index (χ2n) is 5.92. The summed E-state index contributed by atoms with van der Waals surface area (Å²) < 4.78 is 22.4. The predicted octanol–water partition coefficient (Wildman–Crippen LogP) is 1.83. The number of fused-ring (bicyclic) bond motifs is 1. The van der Waals surface area contributed by atoms with E-state index in [1.165, 1.54) is 0 Å². The van der Waals surface area contributed by atoms with E-state index in [9.17, 15) is 4.79 Å². The van der Waals surface area contributed by atoms with Crippen molar-refractivity contribution in [1.82, 2.24) is 4.90 Å². The molecule has 1 aromatic rings. The number of carbonyl (C=O) groups is 1. The van der Waals surface area contributed by atoms with Gasteiger partial charge in [-0.2, -0.15) is 0 Å². The topological polar surface area (TPSA) is 69.3 Å². The quantitative estimate of drug-likeness (QED) is 0.855. The van der Waals surface area contributed by atoms with Crippen LogP contribution in [0.2, 0.25) is 0 Å². The van der Waals surface area contributed by atoms with Crippen molar-refractivity contribution in [1.29, 1.82) is 0 Å². The molecule has 7 heteroatoms. The summed E-state index contributed by atoms with van der Waals surface area (Å²) in [5.41, 5.74) is 0.687. The van der Waals surface area contributed by atoms with E-state index < -0.39 is 5.79 Å². The van der Waals surface area contributed by atoms with Crippen LogP contribution in [0, 0.1) is 0 Å². The molecule has 0 radical (unpaired) electrons. The molecule has 3 aliphatic heterocycles. The lowest BCUT2D eigenvalue weighted by molar-refractivity contribution is -0.182. The van der Waals surface area contributed by atoms with Gasteiger partial charge in [-0.25, -0.2) is 4.79 Å². The highest BCUT2D eigenvalue weighted by atomic mass is 16.7. The Morgan fingerprint density at radius 3 is 2.70 bits per heavy atom. The van der Waals surface area contributed by atoms with E-state index >= 15 is 0 Å². The van der Waals surface area contributed by atoms with Gasteiger partial charge in [-0.1, -0.05) is 0 Å². The van der Waals surface area contributed by atoms with E-state index in [1.54, 1.807) is 11.0 Å². The van der Waals surface area contributed by atoms with Crippen LogP contribution in [0.5, 0.6) is 11.5 Å². The number of carbonyl (C=O) groups excluding carboxylic acids is 1. The summed E-state index contributed by atoms with van der Waals surface area (Å²) in [6.07, 6.45) is 1.70. The summed E-state index contributed by atoms with van der Waals surface area (Å²) in [7, 11) is 0. The van der Waals surface area contributed by atoms with Crippen molar-refractivity contribution in [2.24, 2.45) is 0 Å². The van der Waals surface area contributed by atoms with E-state index in [2.05, 4.69) is 5.32 Å². The second-order valence-corrected chi connectivity index (χ2v) is 5.92. The maximum atomic E-state index is 12.5. The molecular formula is C16H20N2O5. The molecule has 2 fully saturated rings. The van der Waals surface area contributed by atoms with Gasteiger partial charge in [0.1, 0.15) is 13.2 Å². The number of rotatable bonds is 1. The Hall–Kier alpha value is -1.99. The van der Waals surface area contributed by atoms with Crippen LogP contribution in [0.1, 0.15) is 12.8 Å². The van der Waals surface area contributed by atoms with Gasteiger partial charge in [0.2, 0.25) is 0 Å². The minimum atomic E-state index is -0.609. The Kier molecular flexibility index (Phi) is 3.74. The molecule has 1 aromatic carbocycles. The van der Waals surface area contributed by atoms with Crippen LogP contribution in [0.3, 0.4) is 0 Å². The second kappa shape index (κ2) is 5.90. The fourth-order valence-corrected chi connectivity index (χ4v) is 3.22. The molecule has 0 aromatic heterocycles. The first kappa shape index (κ1) is 14.6. The normalized spacial score (nSPS) is 22.2. The van der Waals surface area contributed by atoms with Crippen LogP contribution in [0.25, 0.3) is 0 Å². The van der Waals surface area contributed by atoms with E-state index in [-0.39, 0.29) is 6.03 Å². The average Bonchev–Trinajstić information content (AvgIpc) is 3.02. The van der Waals surface area contributed by atoms with Crippen LogP contribution in [-0.4, -0.2) is 56.2 Å². The van der Waals surface area contributed by atoms with Crippen LogP contribution < -0.4 is 14.8 Å². The number of likely N-dealkylation sites (tertiary alicyclic amines) is 1. The molecular weight excluding hydrogens is 300 g/mol. The van der Waals surface area contributed by atoms with Crippen LogP contribution in [0.4, 0.5) is 10.5 Å². The molecule has 0 unspecified atom stereocenters. The highest BCUT2D eigenvalue weighted by molar-refractivity contribution is 5.89. The molecule has 124 valence electrons. The van der Waals surface area contributed by atoms with Gasteiger partial charge in [0, 0.05) is 24.7 Å². The molecule has 3 aliphatic rings. The van der Waals surface area contributed by atoms with Crippen LogP contribution in [0.15, 0.2) is 18.2 Å². The number of ether oxygens (including phenoxy) is 4. The van der Waals surface area contributed by atoms with E-state index in [0.717, 1.165) is 12.8 Å². The van der Waals surface area contributed by atoms with Crippen LogP contribution in [-0.2, 0) is 9.47 Å². The van der Waals surface area contributed by atoms with Gasteiger partial charge in [-0.15, -0.1) is 0 Å². The van der Waals surface area contributed by atoms with Crippen molar-refractivity contribution in [3.8, 4) is 11.5 Å². The summed E-state index contributed by atoms with van der Waals surface area (Å²) in [4.78, 5) is 14.2. The van der Waals surface area contributed by atoms with Gasteiger partial charge in [0.05, 0.1) is 19.8 Å². The molecule has 1 N–H and O–H groups in total. The number of hydrogen-bond acceptors (Lipinski definition) is 5. The number of benzene rings is 1. The Balaban J connectivity index is 1.43. The third kappa shape index (κ3) is 2.94. The molecule has 0 atom stereocenters. The lowest BCUT2D eigenvalue weighted by Crippen LogP contribution is -2.52. The highest BCUT2D eigenvalue weighted by Gasteiger charge is 2.42. The lowest BCUT2D eigenvalue weighted by Gasteiger charge is -2.38. The minimum absolute atomic E-state index is 0.153. The van der Waals surface area contributed by atoms with Gasteiger partial charge in [-0.05, 0) is 18.6 Å². The zero-order valence-electron chi connectivity index (χ0n) is 12.9. The van der Waals surface area contributed by atoms with Gasteiger partial charge in [0.25, 0.3) is 0 Å².